The van der Waals surface area contributed by atoms with Gasteiger partial charge in [-0.05, 0) is 63.1 Å². The third-order valence-electron chi connectivity index (χ3n) is 5.55. The van der Waals surface area contributed by atoms with E-state index in [0.717, 1.165) is 11.4 Å². The Morgan fingerprint density at radius 2 is 1.48 bits per heavy atom. The SMILES string of the molecule is CNC(Cc1ccc2ccccc2c1C(=S)N(C(C)C)C(C)C)c1ccccc1. The van der Waals surface area contributed by atoms with Gasteiger partial charge in [-0.15, -0.1) is 0 Å². The van der Waals surface area contributed by atoms with Crippen LogP contribution in [0.25, 0.3) is 10.8 Å². The highest BCUT2D eigenvalue weighted by Gasteiger charge is 2.23. The van der Waals surface area contributed by atoms with Gasteiger partial charge in [0.2, 0.25) is 0 Å². The Morgan fingerprint density at radius 1 is 0.862 bits per heavy atom. The number of benzene rings is 3. The monoisotopic (exact) mass is 404 g/mol. The third-order valence-corrected chi connectivity index (χ3v) is 5.97. The maximum atomic E-state index is 6.12. The summed E-state index contributed by atoms with van der Waals surface area (Å²) in [7, 11) is 2.03. The molecular weight excluding hydrogens is 372 g/mol. The number of thiocarbonyl (C=S) groups is 1. The standard InChI is InChI=1S/C26H32N2S/c1-18(2)28(19(3)4)26(29)25-22(16-15-20-11-9-10-14-23(20)25)17-24(27-5)21-12-7-6-8-13-21/h6-16,18-19,24,27H,17H2,1-5H3. The van der Waals surface area contributed by atoms with Gasteiger partial charge in [0, 0.05) is 23.7 Å². The van der Waals surface area contributed by atoms with Gasteiger partial charge in [-0.2, -0.15) is 0 Å². The largest absolute Gasteiger partial charge is 0.357 e. The Balaban J connectivity index is 2.12. The van der Waals surface area contributed by atoms with Crippen LogP contribution in [-0.2, 0) is 6.42 Å². The van der Waals surface area contributed by atoms with Crippen molar-refractivity contribution in [2.75, 3.05) is 7.05 Å². The summed E-state index contributed by atoms with van der Waals surface area (Å²) in [5.74, 6) is 0. The van der Waals surface area contributed by atoms with E-state index in [0.29, 0.717) is 12.1 Å². The first-order chi connectivity index (χ1) is 13.9. The summed E-state index contributed by atoms with van der Waals surface area (Å²) in [5, 5.41) is 5.98. The molecule has 0 aliphatic rings. The minimum atomic E-state index is 0.241. The molecule has 0 fully saturated rings. The van der Waals surface area contributed by atoms with Crippen molar-refractivity contribution in [3.8, 4) is 0 Å². The van der Waals surface area contributed by atoms with Gasteiger partial charge >= 0.3 is 0 Å². The molecule has 3 aromatic rings. The molecule has 0 saturated heterocycles. The van der Waals surface area contributed by atoms with Gasteiger partial charge in [-0.25, -0.2) is 0 Å². The quantitative estimate of drug-likeness (QED) is 0.476. The summed E-state index contributed by atoms with van der Waals surface area (Å²) < 4.78 is 0. The van der Waals surface area contributed by atoms with Crippen LogP contribution in [0.4, 0.5) is 0 Å². The van der Waals surface area contributed by atoms with E-state index >= 15 is 0 Å². The van der Waals surface area contributed by atoms with Crippen molar-refractivity contribution < 1.29 is 0 Å². The van der Waals surface area contributed by atoms with Crippen molar-refractivity contribution in [1.29, 1.82) is 0 Å². The lowest BCUT2D eigenvalue weighted by Gasteiger charge is -2.35. The summed E-state index contributed by atoms with van der Waals surface area (Å²) >= 11 is 6.12. The molecule has 0 aliphatic carbocycles. The lowest BCUT2D eigenvalue weighted by Crippen LogP contribution is -2.42. The molecule has 0 radical (unpaired) electrons. The second kappa shape index (κ2) is 9.51. The number of nitrogens with one attached hydrogen (secondary N) is 1. The number of likely N-dealkylation sites (N-methyl/N-ethyl adjacent to an activating group) is 1. The molecule has 1 N–H and O–H groups in total. The summed E-state index contributed by atoms with van der Waals surface area (Å²) in [5.41, 5.74) is 3.80. The Hall–Kier alpha value is -2.23. The number of hydrogen-bond acceptors (Lipinski definition) is 2. The van der Waals surface area contributed by atoms with Crippen LogP contribution in [0.1, 0.15) is 50.4 Å². The molecule has 0 amide bonds. The number of rotatable bonds is 7. The second-order valence-electron chi connectivity index (χ2n) is 8.18. The van der Waals surface area contributed by atoms with Gasteiger partial charge in [-0.3, -0.25) is 0 Å². The Bertz CT molecular complexity index is 955. The van der Waals surface area contributed by atoms with Crippen LogP contribution in [0.3, 0.4) is 0 Å². The lowest BCUT2D eigenvalue weighted by molar-refractivity contribution is 0.298. The van der Waals surface area contributed by atoms with Gasteiger partial charge < -0.3 is 10.2 Å². The van der Waals surface area contributed by atoms with Gasteiger partial charge in [0.25, 0.3) is 0 Å². The summed E-state index contributed by atoms with van der Waals surface area (Å²) in [6.45, 7) is 8.88. The maximum Gasteiger partial charge on any atom is 0.110 e. The summed E-state index contributed by atoms with van der Waals surface area (Å²) in [6.07, 6.45) is 0.894. The summed E-state index contributed by atoms with van der Waals surface area (Å²) in [4.78, 5) is 3.31. The van der Waals surface area contributed by atoms with Crippen molar-refractivity contribution in [3.05, 3.63) is 83.4 Å². The Labute approximate surface area is 180 Å². The molecule has 0 spiro atoms. The van der Waals surface area contributed by atoms with E-state index in [1.54, 1.807) is 0 Å². The Morgan fingerprint density at radius 3 is 2.10 bits per heavy atom. The fourth-order valence-electron chi connectivity index (χ4n) is 4.23. The molecule has 29 heavy (non-hydrogen) atoms. The highest BCUT2D eigenvalue weighted by molar-refractivity contribution is 7.80. The number of nitrogens with zero attached hydrogens (tertiary/aromatic N) is 1. The Kier molecular flexibility index (Phi) is 7.05. The molecule has 3 rings (SSSR count). The normalized spacial score (nSPS) is 12.5. The fraction of sp³-hybridized carbons (Fsp3) is 0.346. The van der Waals surface area contributed by atoms with E-state index in [9.17, 15) is 0 Å². The zero-order valence-corrected chi connectivity index (χ0v) is 19.0. The molecule has 2 nitrogen and oxygen atoms in total. The number of fused-ring (bicyclic) bond motifs is 1. The zero-order chi connectivity index (χ0) is 21.0. The molecule has 1 unspecified atom stereocenters. The van der Waals surface area contributed by atoms with Gasteiger partial charge in [-0.1, -0.05) is 78.9 Å². The highest BCUT2D eigenvalue weighted by Crippen LogP contribution is 2.29. The molecule has 3 aromatic carbocycles. The smallest absolute Gasteiger partial charge is 0.110 e. The van der Waals surface area contributed by atoms with E-state index in [1.165, 1.54) is 27.5 Å². The van der Waals surface area contributed by atoms with Crippen LogP contribution in [0.15, 0.2) is 66.7 Å². The van der Waals surface area contributed by atoms with Crippen molar-refractivity contribution >= 4 is 28.0 Å². The van der Waals surface area contributed by atoms with Crippen LogP contribution in [0.2, 0.25) is 0 Å². The van der Waals surface area contributed by atoms with E-state index < -0.39 is 0 Å². The lowest BCUT2D eigenvalue weighted by atomic mass is 9.91. The molecule has 0 aliphatic heterocycles. The second-order valence-corrected chi connectivity index (χ2v) is 8.56. The fourth-order valence-corrected chi connectivity index (χ4v) is 4.89. The van der Waals surface area contributed by atoms with Crippen molar-refractivity contribution in [2.24, 2.45) is 0 Å². The van der Waals surface area contributed by atoms with Crippen molar-refractivity contribution in [2.45, 2.75) is 52.2 Å². The van der Waals surface area contributed by atoms with Gasteiger partial charge in [0.05, 0.1) is 0 Å². The predicted octanol–water partition coefficient (Wildman–Crippen LogP) is 6.14. The highest BCUT2D eigenvalue weighted by atomic mass is 32.1. The predicted molar refractivity (Wildman–Crippen MR) is 130 cm³/mol. The maximum absolute atomic E-state index is 6.12. The molecule has 152 valence electrons. The first-order valence-corrected chi connectivity index (χ1v) is 10.9. The van der Waals surface area contributed by atoms with Crippen LogP contribution in [0.5, 0.6) is 0 Å². The van der Waals surface area contributed by atoms with Crippen LogP contribution < -0.4 is 5.32 Å². The van der Waals surface area contributed by atoms with Gasteiger partial charge in [0.1, 0.15) is 4.99 Å². The minimum absolute atomic E-state index is 0.241. The van der Waals surface area contributed by atoms with E-state index in [-0.39, 0.29) is 6.04 Å². The average Bonchev–Trinajstić information content (AvgIpc) is 2.71. The zero-order valence-electron chi connectivity index (χ0n) is 18.1. The molecule has 0 saturated carbocycles. The third kappa shape index (κ3) is 4.68. The summed E-state index contributed by atoms with van der Waals surface area (Å²) in [6, 6.07) is 24.7. The van der Waals surface area contributed by atoms with E-state index in [4.69, 9.17) is 12.2 Å². The average molecular weight is 405 g/mol. The molecule has 3 heteroatoms. The van der Waals surface area contributed by atoms with Crippen LogP contribution >= 0.6 is 12.2 Å². The van der Waals surface area contributed by atoms with Crippen LogP contribution in [0, 0.1) is 0 Å². The molecular formula is C26H32N2S. The van der Waals surface area contributed by atoms with E-state index in [2.05, 4.69) is 105 Å². The molecule has 1 atom stereocenters. The minimum Gasteiger partial charge on any atom is -0.357 e. The first kappa shape index (κ1) is 21.5. The van der Waals surface area contributed by atoms with Gasteiger partial charge in [0.15, 0.2) is 0 Å². The number of hydrogen-bond donors (Lipinski definition) is 1. The first-order valence-electron chi connectivity index (χ1n) is 10.5. The molecule has 0 aromatic heterocycles. The van der Waals surface area contributed by atoms with Crippen molar-refractivity contribution in [1.82, 2.24) is 10.2 Å². The van der Waals surface area contributed by atoms with Crippen molar-refractivity contribution in [3.63, 3.8) is 0 Å². The molecule has 0 bridgehead atoms. The topological polar surface area (TPSA) is 15.3 Å². The molecule has 0 heterocycles. The van der Waals surface area contributed by atoms with Crippen LogP contribution in [-0.4, -0.2) is 29.0 Å². The van der Waals surface area contributed by atoms with E-state index in [1.807, 2.05) is 7.05 Å².